The summed E-state index contributed by atoms with van der Waals surface area (Å²) in [5, 5.41) is 9.80. The van der Waals surface area contributed by atoms with Crippen LogP contribution in [0.15, 0.2) is 24.4 Å². The Morgan fingerprint density at radius 2 is 2.15 bits per heavy atom. The predicted octanol–water partition coefficient (Wildman–Crippen LogP) is 2.13. The average molecular weight is 352 g/mol. The Bertz CT molecular complexity index is 857. The molecule has 3 fully saturated rings. The summed E-state index contributed by atoms with van der Waals surface area (Å²) in [6, 6.07) is 6.03. The lowest BCUT2D eigenvalue weighted by Gasteiger charge is -2.27. The predicted molar refractivity (Wildman–Crippen MR) is 97.9 cm³/mol. The minimum absolute atomic E-state index is 0.112. The third-order valence-corrected chi connectivity index (χ3v) is 6.42. The number of fused-ring (bicyclic) bond motifs is 1. The molecular formula is C20H24N4O2. The Kier molecular flexibility index (Phi) is 3.56. The molecule has 0 amide bonds. The van der Waals surface area contributed by atoms with Gasteiger partial charge < -0.3 is 14.7 Å². The third kappa shape index (κ3) is 2.28. The minimum Gasteiger partial charge on any atom is -0.396 e. The number of hydrogen-bond acceptors (Lipinski definition) is 6. The molecule has 26 heavy (non-hydrogen) atoms. The minimum atomic E-state index is -0.112. The molecule has 5 heterocycles. The standard InChI is InChI=1S/C20H24N4O2/c1-12-3-4-14(13(2)22-12)17-6-8-21-19(23-17)24-9-16-15(10-25)18-5-7-20(16,11-24)26-18/h3-4,6,8,15-16,18,25H,5,7,9-11H2,1-2H3/t15-,16+,18+,20+/m0/s1. The van der Waals surface area contributed by atoms with E-state index in [1.807, 2.05) is 32.2 Å². The first kappa shape index (κ1) is 16.1. The molecule has 1 spiro atoms. The van der Waals surface area contributed by atoms with Gasteiger partial charge in [-0.3, -0.25) is 4.98 Å². The van der Waals surface area contributed by atoms with Gasteiger partial charge in [-0.05, 0) is 44.9 Å². The number of aryl methyl sites for hydroxylation is 2. The highest BCUT2D eigenvalue weighted by atomic mass is 16.5. The lowest BCUT2D eigenvalue weighted by Crippen LogP contribution is -2.37. The van der Waals surface area contributed by atoms with E-state index in [2.05, 4.69) is 20.9 Å². The molecule has 136 valence electrons. The van der Waals surface area contributed by atoms with E-state index < -0.39 is 0 Å². The van der Waals surface area contributed by atoms with Crippen LogP contribution in [0, 0.1) is 25.7 Å². The molecule has 2 aromatic heterocycles. The van der Waals surface area contributed by atoms with Gasteiger partial charge in [-0.1, -0.05) is 0 Å². The van der Waals surface area contributed by atoms with Gasteiger partial charge in [0.15, 0.2) is 0 Å². The zero-order chi connectivity index (χ0) is 17.9. The van der Waals surface area contributed by atoms with E-state index in [1.165, 1.54) is 0 Å². The van der Waals surface area contributed by atoms with Crippen LogP contribution in [-0.4, -0.2) is 51.5 Å². The molecule has 3 aliphatic heterocycles. The van der Waals surface area contributed by atoms with E-state index in [-0.39, 0.29) is 24.2 Å². The van der Waals surface area contributed by atoms with E-state index in [0.29, 0.717) is 5.92 Å². The first-order valence-corrected chi connectivity index (χ1v) is 9.41. The summed E-state index contributed by atoms with van der Waals surface area (Å²) in [5.41, 5.74) is 3.82. The number of pyridine rings is 1. The van der Waals surface area contributed by atoms with Crippen LogP contribution in [0.2, 0.25) is 0 Å². The molecule has 5 rings (SSSR count). The SMILES string of the molecule is Cc1ccc(-c2ccnc(N3C[C@@H]4[C@H](CO)[C@H]5CC[C@]4(C3)O5)n2)c(C)n1. The number of ether oxygens (including phenoxy) is 1. The number of nitrogens with zero attached hydrogens (tertiary/aromatic N) is 4. The molecule has 0 aromatic carbocycles. The molecule has 6 heteroatoms. The van der Waals surface area contributed by atoms with Crippen LogP contribution in [0.25, 0.3) is 11.3 Å². The number of anilines is 1. The summed E-state index contributed by atoms with van der Waals surface area (Å²) in [6.45, 7) is 5.90. The number of aliphatic hydroxyl groups excluding tert-OH is 1. The lowest BCUT2D eigenvalue weighted by atomic mass is 9.74. The number of aromatic nitrogens is 3. The highest BCUT2D eigenvalue weighted by Gasteiger charge is 2.63. The maximum absolute atomic E-state index is 9.80. The normalized spacial score (nSPS) is 32.3. The number of rotatable bonds is 3. The lowest BCUT2D eigenvalue weighted by molar-refractivity contribution is 0.0128. The van der Waals surface area contributed by atoms with Crippen molar-refractivity contribution in [1.82, 2.24) is 15.0 Å². The summed E-state index contributed by atoms with van der Waals surface area (Å²) in [6.07, 6.45) is 4.20. The largest absolute Gasteiger partial charge is 0.396 e. The van der Waals surface area contributed by atoms with Crippen LogP contribution in [0.3, 0.4) is 0 Å². The van der Waals surface area contributed by atoms with E-state index in [4.69, 9.17) is 9.72 Å². The van der Waals surface area contributed by atoms with Gasteiger partial charge in [0.25, 0.3) is 0 Å². The van der Waals surface area contributed by atoms with Crippen molar-refractivity contribution in [1.29, 1.82) is 0 Å². The van der Waals surface area contributed by atoms with Crippen LogP contribution in [0.1, 0.15) is 24.2 Å². The van der Waals surface area contributed by atoms with Gasteiger partial charge in [-0.2, -0.15) is 0 Å². The Labute approximate surface area is 153 Å². The summed E-state index contributed by atoms with van der Waals surface area (Å²) in [4.78, 5) is 16.1. The van der Waals surface area contributed by atoms with Crippen molar-refractivity contribution in [2.45, 2.75) is 38.4 Å². The Hall–Kier alpha value is -2.05. The zero-order valence-corrected chi connectivity index (χ0v) is 15.2. The van der Waals surface area contributed by atoms with E-state index in [9.17, 15) is 5.11 Å². The van der Waals surface area contributed by atoms with Gasteiger partial charge >= 0.3 is 0 Å². The van der Waals surface area contributed by atoms with Crippen molar-refractivity contribution in [3.05, 3.63) is 35.8 Å². The van der Waals surface area contributed by atoms with Crippen LogP contribution in [0.4, 0.5) is 5.95 Å². The summed E-state index contributed by atoms with van der Waals surface area (Å²) in [7, 11) is 0. The fourth-order valence-corrected chi connectivity index (χ4v) is 5.20. The Balaban J connectivity index is 1.45. The molecule has 2 bridgehead atoms. The molecule has 0 radical (unpaired) electrons. The quantitative estimate of drug-likeness (QED) is 0.912. The molecule has 0 unspecified atom stereocenters. The molecule has 6 nitrogen and oxygen atoms in total. The Morgan fingerprint density at radius 3 is 2.96 bits per heavy atom. The average Bonchev–Trinajstić information content (AvgIpc) is 3.29. The highest BCUT2D eigenvalue weighted by Crippen LogP contribution is 2.54. The second-order valence-corrected chi connectivity index (χ2v) is 7.92. The second-order valence-electron chi connectivity index (χ2n) is 7.92. The molecule has 2 aromatic rings. The van der Waals surface area contributed by atoms with Crippen molar-refractivity contribution in [2.75, 3.05) is 24.6 Å². The first-order valence-electron chi connectivity index (χ1n) is 9.41. The van der Waals surface area contributed by atoms with Crippen LogP contribution in [0.5, 0.6) is 0 Å². The second kappa shape index (κ2) is 5.72. The number of aliphatic hydroxyl groups is 1. The maximum Gasteiger partial charge on any atom is 0.225 e. The fraction of sp³-hybridized carbons (Fsp3) is 0.550. The van der Waals surface area contributed by atoms with Crippen LogP contribution < -0.4 is 4.90 Å². The molecule has 4 atom stereocenters. The van der Waals surface area contributed by atoms with Crippen LogP contribution >= 0.6 is 0 Å². The molecule has 0 aliphatic carbocycles. The first-order chi connectivity index (χ1) is 12.6. The van der Waals surface area contributed by atoms with Gasteiger partial charge in [-0.15, -0.1) is 0 Å². The molecule has 0 saturated carbocycles. The monoisotopic (exact) mass is 352 g/mol. The molecule has 3 saturated heterocycles. The van der Waals surface area contributed by atoms with Gasteiger partial charge in [0.05, 0.1) is 23.9 Å². The van der Waals surface area contributed by atoms with Gasteiger partial charge in [0, 0.05) is 48.1 Å². The Morgan fingerprint density at radius 1 is 1.27 bits per heavy atom. The van der Waals surface area contributed by atoms with Gasteiger partial charge in [0.1, 0.15) is 0 Å². The van der Waals surface area contributed by atoms with E-state index in [0.717, 1.165) is 54.5 Å². The summed E-state index contributed by atoms with van der Waals surface area (Å²) in [5.74, 6) is 1.37. The van der Waals surface area contributed by atoms with Crippen molar-refractivity contribution in [2.24, 2.45) is 11.8 Å². The smallest absolute Gasteiger partial charge is 0.225 e. The summed E-state index contributed by atoms with van der Waals surface area (Å²) >= 11 is 0. The molecular weight excluding hydrogens is 328 g/mol. The van der Waals surface area contributed by atoms with Gasteiger partial charge in [0.2, 0.25) is 5.95 Å². The van der Waals surface area contributed by atoms with E-state index >= 15 is 0 Å². The maximum atomic E-state index is 9.80. The van der Waals surface area contributed by atoms with Crippen molar-refractivity contribution in [3.8, 4) is 11.3 Å². The zero-order valence-electron chi connectivity index (χ0n) is 15.2. The van der Waals surface area contributed by atoms with Crippen LogP contribution in [-0.2, 0) is 4.74 Å². The summed E-state index contributed by atoms with van der Waals surface area (Å²) < 4.78 is 6.32. The molecule has 3 aliphatic rings. The molecule has 1 N–H and O–H groups in total. The highest BCUT2D eigenvalue weighted by molar-refractivity contribution is 5.63. The van der Waals surface area contributed by atoms with Gasteiger partial charge in [-0.25, -0.2) is 9.97 Å². The number of hydrogen-bond donors (Lipinski definition) is 1. The van der Waals surface area contributed by atoms with Crippen molar-refractivity contribution >= 4 is 5.95 Å². The fourth-order valence-electron chi connectivity index (χ4n) is 5.20. The van der Waals surface area contributed by atoms with Crippen molar-refractivity contribution in [3.63, 3.8) is 0 Å². The topological polar surface area (TPSA) is 71.4 Å². The van der Waals surface area contributed by atoms with E-state index in [1.54, 1.807) is 0 Å². The van der Waals surface area contributed by atoms with Crippen molar-refractivity contribution < 1.29 is 9.84 Å². The third-order valence-electron chi connectivity index (χ3n) is 6.42.